The van der Waals surface area contributed by atoms with Crippen molar-refractivity contribution in [2.24, 2.45) is 0 Å². The van der Waals surface area contributed by atoms with Crippen LogP contribution in [0, 0.1) is 5.82 Å². The number of amides is 2. The van der Waals surface area contributed by atoms with Gasteiger partial charge >= 0.3 is 6.09 Å². The van der Waals surface area contributed by atoms with Gasteiger partial charge in [-0.3, -0.25) is 9.78 Å². The van der Waals surface area contributed by atoms with E-state index < -0.39 is 11.4 Å². The molecule has 4 rings (SSSR count). The van der Waals surface area contributed by atoms with Crippen molar-refractivity contribution < 1.29 is 23.5 Å². The van der Waals surface area contributed by atoms with Crippen LogP contribution in [0.4, 0.5) is 20.7 Å². The number of ether oxygens (including phenoxy) is 2. The molecule has 0 atom stereocenters. The third-order valence-corrected chi connectivity index (χ3v) is 6.85. The normalized spacial score (nSPS) is 12.5. The number of fused-ring (bicyclic) bond motifs is 1. The van der Waals surface area contributed by atoms with E-state index in [4.69, 9.17) is 21.1 Å². The summed E-state index contributed by atoms with van der Waals surface area (Å²) in [5, 5.41) is 9.81. The van der Waals surface area contributed by atoms with Gasteiger partial charge in [-0.25, -0.2) is 14.2 Å². The molecule has 12 heteroatoms. The van der Waals surface area contributed by atoms with Crippen molar-refractivity contribution in [2.45, 2.75) is 52.6 Å². The maximum absolute atomic E-state index is 14.7. The van der Waals surface area contributed by atoms with Gasteiger partial charge in [-0.15, -0.1) is 0 Å². The molecular weight excluding hydrogens is 587 g/mol. The molecule has 236 valence electrons. The van der Waals surface area contributed by atoms with Crippen molar-refractivity contribution in [1.82, 2.24) is 20.2 Å². The molecule has 0 spiro atoms. The molecule has 0 fully saturated rings. The number of carbonyl (C=O) groups is 2. The van der Waals surface area contributed by atoms with Crippen molar-refractivity contribution in [3.05, 3.63) is 53.6 Å². The van der Waals surface area contributed by atoms with Crippen molar-refractivity contribution in [3.8, 4) is 28.1 Å². The predicted molar refractivity (Wildman–Crippen MR) is 171 cm³/mol. The van der Waals surface area contributed by atoms with E-state index in [0.717, 1.165) is 6.42 Å². The van der Waals surface area contributed by atoms with Crippen LogP contribution in [-0.2, 0) is 9.53 Å². The molecule has 3 N–H and O–H groups in total. The van der Waals surface area contributed by atoms with Crippen molar-refractivity contribution >= 4 is 35.1 Å². The van der Waals surface area contributed by atoms with E-state index in [2.05, 4.69) is 25.9 Å². The number of aromatic nitrogens is 2. The molecule has 0 unspecified atom stereocenters. The third kappa shape index (κ3) is 9.27. The van der Waals surface area contributed by atoms with Crippen LogP contribution < -0.4 is 20.7 Å². The number of carbonyl (C=O) groups excluding carboxylic acids is 2. The van der Waals surface area contributed by atoms with Crippen LogP contribution in [-0.4, -0.2) is 71.8 Å². The number of benzene rings is 1. The molecule has 1 aliphatic rings. The predicted octanol–water partition coefficient (Wildman–Crippen LogP) is 6.36. The number of pyridine rings is 2. The zero-order chi connectivity index (χ0) is 31.7. The van der Waals surface area contributed by atoms with Crippen molar-refractivity contribution in [2.75, 3.05) is 50.0 Å². The van der Waals surface area contributed by atoms with Gasteiger partial charge in [0.1, 0.15) is 18.0 Å². The molecule has 0 saturated heterocycles. The number of hydrogen-bond acceptors (Lipinski definition) is 8. The summed E-state index contributed by atoms with van der Waals surface area (Å²) in [6.07, 6.45) is 4.67. The van der Waals surface area contributed by atoms with Crippen LogP contribution in [0.3, 0.4) is 0 Å². The zero-order valence-electron chi connectivity index (χ0n) is 25.6. The van der Waals surface area contributed by atoms with Crippen LogP contribution in [0.1, 0.15) is 47.0 Å². The number of halogens is 2. The lowest BCUT2D eigenvalue weighted by molar-refractivity contribution is -0.116. The Kier molecular flexibility index (Phi) is 11.4. The SMILES string of the molecule is CCCN(CCNCCCC(=O)Nc1cncc(-c2cc(-c3cc(Cl)ccc3F)nc3c2OCCN3)c1)C(=O)OC(C)(C)C. The summed E-state index contributed by atoms with van der Waals surface area (Å²) in [6.45, 7) is 10.9. The second-order valence-electron chi connectivity index (χ2n) is 11.5. The summed E-state index contributed by atoms with van der Waals surface area (Å²) < 4.78 is 26.1. The maximum Gasteiger partial charge on any atom is 0.410 e. The summed E-state index contributed by atoms with van der Waals surface area (Å²) in [5.74, 6) is 0.430. The Hall–Kier alpha value is -3.96. The number of nitrogens with zero attached hydrogens (tertiary/aromatic N) is 3. The molecule has 3 heterocycles. The topological polar surface area (TPSA) is 118 Å². The molecule has 0 bridgehead atoms. The van der Waals surface area contributed by atoms with Gasteiger partial charge < -0.3 is 30.3 Å². The smallest absolute Gasteiger partial charge is 0.410 e. The van der Waals surface area contributed by atoms with E-state index in [9.17, 15) is 14.0 Å². The van der Waals surface area contributed by atoms with Gasteiger partial charge in [0.15, 0.2) is 11.6 Å². The maximum atomic E-state index is 14.7. The van der Waals surface area contributed by atoms with E-state index in [-0.39, 0.29) is 17.6 Å². The standard InChI is InChI=1S/C32H40ClFN6O4/c1-5-13-40(31(42)44-32(2,3)4)14-11-35-10-6-7-28(41)38-23-16-21(19-36-20-23)24-18-27(25-17-22(33)8-9-26(25)34)39-30-29(24)43-15-12-37-30/h8-9,16-20,35H,5-7,10-15H2,1-4H3,(H,37,39)(H,38,41). The van der Waals surface area contributed by atoms with Gasteiger partial charge in [0.2, 0.25) is 5.91 Å². The number of hydrogen-bond donors (Lipinski definition) is 3. The first-order valence-electron chi connectivity index (χ1n) is 14.8. The first-order chi connectivity index (χ1) is 21.0. The fraction of sp³-hybridized carbons (Fsp3) is 0.438. The first kappa shape index (κ1) is 32.9. The molecule has 0 radical (unpaired) electrons. The molecule has 0 aliphatic carbocycles. The second kappa shape index (κ2) is 15.2. The fourth-order valence-electron chi connectivity index (χ4n) is 4.65. The average molecular weight is 627 g/mol. The Morgan fingerprint density at radius 3 is 2.73 bits per heavy atom. The molecular formula is C32H40ClFN6O4. The summed E-state index contributed by atoms with van der Waals surface area (Å²) in [4.78, 5) is 35.7. The van der Waals surface area contributed by atoms with Crippen LogP contribution in [0.2, 0.25) is 5.02 Å². The Morgan fingerprint density at radius 2 is 1.95 bits per heavy atom. The highest BCUT2D eigenvalue weighted by Gasteiger charge is 2.23. The fourth-order valence-corrected chi connectivity index (χ4v) is 4.82. The van der Waals surface area contributed by atoms with Crippen LogP contribution in [0.5, 0.6) is 5.75 Å². The van der Waals surface area contributed by atoms with E-state index in [1.807, 2.05) is 27.7 Å². The minimum Gasteiger partial charge on any atom is -0.487 e. The van der Waals surface area contributed by atoms with Crippen LogP contribution >= 0.6 is 11.6 Å². The van der Waals surface area contributed by atoms with Gasteiger partial charge in [0.05, 0.1) is 24.1 Å². The summed E-state index contributed by atoms with van der Waals surface area (Å²) in [6, 6.07) is 7.86. The monoisotopic (exact) mass is 626 g/mol. The molecule has 2 aromatic heterocycles. The number of rotatable bonds is 12. The van der Waals surface area contributed by atoms with Gasteiger partial charge in [0.25, 0.3) is 0 Å². The molecule has 2 amide bonds. The minimum atomic E-state index is -0.541. The van der Waals surface area contributed by atoms with E-state index in [0.29, 0.717) is 91.3 Å². The highest BCUT2D eigenvalue weighted by molar-refractivity contribution is 6.30. The first-order valence-corrected chi connectivity index (χ1v) is 15.2. The molecule has 1 aromatic carbocycles. The second-order valence-corrected chi connectivity index (χ2v) is 11.9. The highest BCUT2D eigenvalue weighted by Crippen LogP contribution is 2.41. The van der Waals surface area contributed by atoms with Crippen LogP contribution in [0.25, 0.3) is 22.4 Å². The highest BCUT2D eigenvalue weighted by atomic mass is 35.5. The van der Waals surface area contributed by atoms with Gasteiger partial charge in [-0.2, -0.15) is 0 Å². The summed E-state index contributed by atoms with van der Waals surface area (Å²) in [7, 11) is 0. The molecule has 44 heavy (non-hydrogen) atoms. The van der Waals surface area contributed by atoms with E-state index in [1.54, 1.807) is 29.4 Å². The lowest BCUT2D eigenvalue weighted by Gasteiger charge is -2.27. The third-order valence-electron chi connectivity index (χ3n) is 6.61. The molecule has 3 aromatic rings. The average Bonchev–Trinajstić information content (AvgIpc) is 2.98. The van der Waals surface area contributed by atoms with E-state index in [1.165, 1.54) is 18.2 Å². The van der Waals surface area contributed by atoms with Crippen LogP contribution in [0.15, 0.2) is 42.7 Å². The largest absolute Gasteiger partial charge is 0.487 e. The van der Waals surface area contributed by atoms with Gasteiger partial charge in [0, 0.05) is 54.0 Å². The Balaban J connectivity index is 1.35. The zero-order valence-corrected chi connectivity index (χ0v) is 26.4. The Bertz CT molecular complexity index is 1470. The Labute approximate surface area is 262 Å². The lowest BCUT2D eigenvalue weighted by atomic mass is 10.0. The van der Waals surface area contributed by atoms with Gasteiger partial charge in [-0.1, -0.05) is 18.5 Å². The Morgan fingerprint density at radius 1 is 1.14 bits per heavy atom. The molecule has 0 saturated carbocycles. The summed E-state index contributed by atoms with van der Waals surface area (Å²) in [5.41, 5.74) is 1.98. The van der Waals surface area contributed by atoms with Crippen molar-refractivity contribution in [3.63, 3.8) is 0 Å². The number of nitrogens with one attached hydrogen (secondary N) is 3. The van der Waals surface area contributed by atoms with Crippen molar-refractivity contribution in [1.29, 1.82) is 0 Å². The summed E-state index contributed by atoms with van der Waals surface area (Å²) >= 11 is 6.14. The number of anilines is 2. The van der Waals surface area contributed by atoms with Gasteiger partial charge in [-0.05, 0) is 70.5 Å². The molecule has 1 aliphatic heterocycles. The quantitative estimate of drug-likeness (QED) is 0.199. The lowest BCUT2D eigenvalue weighted by Crippen LogP contribution is -2.41. The molecule has 10 nitrogen and oxygen atoms in total. The minimum absolute atomic E-state index is 0.150. The van der Waals surface area contributed by atoms with E-state index >= 15 is 0 Å².